The predicted molar refractivity (Wildman–Crippen MR) is 206 cm³/mol. The Morgan fingerprint density at radius 1 is 0.660 bits per heavy atom. The summed E-state index contributed by atoms with van der Waals surface area (Å²) in [6.07, 6.45) is 22.4. The molecule has 0 aromatic carbocycles. The van der Waals surface area contributed by atoms with E-state index in [4.69, 9.17) is 9.05 Å². The quantitative estimate of drug-likeness (QED) is 0.0245. The van der Waals surface area contributed by atoms with Gasteiger partial charge in [0.1, 0.15) is 25.4 Å². The maximum absolute atomic E-state index is 12.9. The second kappa shape index (κ2) is 30.8. The van der Waals surface area contributed by atoms with Crippen molar-refractivity contribution >= 4 is 13.7 Å². The number of likely N-dealkylation sites (N-methyl/N-ethyl adjacent to an activating group) is 1. The Bertz CT molecular complexity index is 841. The number of nitrogens with one attached hydrogen (secondary N) is 1. The number of unbranched alkanes of at least 4 members (excludes halogenated alkanes) is 19. The number of aliphatic hydroxyl groups is 3. The molecule has 0 heterocycles. The number of nitrogens with zero attached hydrogens (tertiary/aromatic N) is 1. The summed E-state index contributed by atoms with van der Waals surface area (Å²) in [6, 6.07) is -1.20. The monoisotopic (exact) mass is 738 g/mol. The third kappa shape index (κ3) is 31.0. The van der Waals surface area contributed by atoms with Gasteiger partial charge in [0.25, 0.3) is 0 Å². The van der Waals surface area contributed by atoms with E-state index in [0.29, 0.717) is 30.3 Å². The Hall–Kier alpha value is -0.580. The molecule has 300 valence electrons. The summed E-state index contributed by atoms with van der Waals surface area (Å²) in [5.41, 5.74) is 0. The van der Waals surface area contributed by atoms with E-state index < -0.39 is 44.7 Å². The van der Waals surface area contributed by atoms with Crippen LogP contribution in [0.25, 0.3) is 0 Å². The first-order valence-corrected chi connectivity index (χ1v) is 21.9. The van der Waals surface area contributed by atoms with E-state index in [1.165, 1.54) is 89.9 Å². The van der Waals surface area contributed by atoms with Crippen LogP contribution in [0, 0.1) is 5.92 Å². The van der Waals surface area contributed by atoms with E-state index in [0.717, 1.165) is 44.4 Å². The van der Waals surface area contributed by atoms with Crippen molar-refractivity contribution in [2.75, 3.05) is 40.9 Å². The molecule has 1 amide bonds. The van der Waals surface area contributed by atoms with Crippen LogP contribution >= 0.6 is 7.82 Å². The van der Waals surface area contributed by atoms with Crippen LogP contribution < -0.4 is 5.32 Å². The number of carbonyl (C=O) groups excluding carboxylic acids is 1. The lowest BCUT2D eigenvalue weighted by molar-refractivity contribution is -0.870. The number of carbonyl (C=O) groups is 1. The van der Waals surface area contributed by atoms with E-state index in [1.54, 1.807) is 0 Å². The number of phosphoric ester groups is 1. The van der Waals surface area contributed by atoms with Gasteiger partial charge in [0, 0.05) is 0 Å². The zero-order valence-electron chi connectivity index (χ0n) is 33.3. The lowest BCUT2D eigenvalue weighted by Crippen LogP contribution is -2.53. The summed E-state index contributed by atoms with van der Waals surface area (Å²) in [5.74, 6) is 0.0606. The first-order chi connectivity index (χ1) is 23.7. The SMILES string of the molecule is CCCCCCCCCCCCCCCC(O)C(=O)N[C@@H](COP(=O)(O)OCC[N+](C)(C)C)[C@H](O)[C@H](O)CCCCCCCCCCC(C)C. The van der Waals surface area contributed by atoms with Gasteiger partial charge in [0.05, 0.1) is 39.9 Å². The van der Waals surface area contributed by atoms with Crippen molar-refractivity contribution in [2.45, 2.75) is 199 Å². The van der Waals surface area contributed by atoms with E-state index >= 15 is 0 Å². The fraction of sp³-hybridized carbons (Fsp3) is 0.974. The van der Waals surface area contributed by atoms with Crippen molar-refractivity contribution in [3.05, 3.63) is 0 Å². The van der Waals surface area contributed by atoms with E-state index in [1.807, 2.05) is 21.1 Å². The number of quaternary nitrogens is 1. The molecular weight excluding hydrogens is 655 g/mol. The molecule has 0 spiro atoms. The van der Waals surface area contributed by atoms with E-state index in [-0.39, 0.29) is 13.0 Å². The Morgan fingerprint density at radius 2 is 1.08 bits per heavy atom. The fourth-order valence-electron chi connectivity index (χ4n) is 6.04. The molecule has 0 aromatic heterocycles. The molecule has 0 aliphatic carbocycles. The predicted octanol–water partition coefficient (Wildman–Crippen LogP) is 8.43. The highest BCUT2D eigenvalue weighted by Crippen LogP contribution is 2.43. The summed E-state index contributed by atoms with van der Waals surface area (Å²) >= 11 is 0. The molecule has 10 nitrogen and oxygen atoms in total. The van der Waals surface area contributed by atoms with Crippen molar-refractivity contribution in [1.82, 2.24) is 5.32 Å². The Morgan fingerprint density at radius 3 is 1.52 bits per heavy atom. The Kier molecular flexibility index (Phi) is 30.5. The number of aliphatic hydroxyl groups excluding tert-OH is 3. The maximum Gasteiger partial charge on any atom is 0.472 e. The summed E-state index contributed by atoms with van der Waals surface area (Å²) in [7, 11) is 1.29. The highest BCUT2D eigenvalue weighted by atomic mass is 31.2. The van der Waals surface area contributed by atoms with Crippen molar-refractivity contribution in [1.29, 1.82) is 0 Å². The third-order valence-corrected chi connectivity index (χ3v) is 10.5. The number of hydrogen-bond acceptors (Lipinski definition) is 7. The van der Waals surface area contributed by atoms with Crippen molar-refractivity contribution in [3.63, 3.8) is 0 Å². The smallest absolute Gasteiger partial charge is 0.390 e. The molecule has 0 radical (unpaired) electrons. The lowest BCUT2D eigenvalue weighted by atomic mass is 9.99. The highest BCUT2D eigenvalue weighted by Gasteiger charge is 2.33. The van der Waals surface area contributed by atoms with Gasteiger partial charge in [-0.3, -0.25) is 13.8 Å². The third-order valence-electron chi connectivity index (χ3n) is 9.48. The van der Waals surface area contributed by atoms with Gasteiger partial charge in [-0.1, -0.05) is 162 Å². The largest absolute Gasteiger partial charge is 0.472 e. The number of amides is 1. The molecule has 0 fully saturated rings. The molecule has 0 aliphatic heterocycles. The summed E-state index contributed by atoms with van der Waals surface area (Å²) in [6.45, 7) is 6.66. The summed E-state index contributed by atoms with van der Waals surface area (Å²) in [5, 5.41) is 35.0. The average Bonchev–Trinajstić information content (AvgIpc) is 3.04. The van der Waals surface area contributed by atoms with E-state index in [2.05, 4.69) is 26.1 Å². The van der Waals surface area contributed by atoms with Gasteiger partial charge in [0.15, 0.2) is 0 Å². The summed E-state index contributed by atoms with van der Waals surface area (Å²) in [4.78, 5) is 23.1. The zero-order chi connectivity index (χ0) is 37.7. The highest BCUT2D eigenvalue weighted by molar-refractivity contribution is 7.47. The van der Waals surface area contributed by atoms with Gasteiger partial charge < -0.3 is 30.0 Å². The minimum absolute atomic E-state index is 0.0186. The topological polar surface area (TPSA) is 146 Å². The van der Waals surface area contributed by atoms with Gasteiger partial charge in [-0.2, -0.15) is 0 Å². The zero-order valence-corrected chi connectivity index (χ0v) is 34.2. The van der Waals surface area contributed by atoms with Crippen molar-refractivity contribution < 1.29 is 43.1 Å². The number of phosphoric acid groups is 1. The van der Waals surface area contributed by atoms with Crippen LogP contribution in [0.1, 0.15) is 175 Å². The first kappa shape index (κ1) is 49.4. The van der Waals surface area contributed by atoms with Crippen molar-refractivity contribution in [2.24, 2.45) is 5.92 Å². The summed E-state index contributed by atoms with van der Waals surface area (Å²) < 4.78 is 23.3. The maximum atomic E-state index is 12.9. The first-order valence-electron chi connectivity index (χ1n) is 20.5. The van der Waals surface area contributed by atoms with Crippen LogP contribution in [0.15, 0.2) is 0 Å². The van der Waals surface area contributed by atoms with Crippen molar-refractivity contribution in [3.8, 4) is 0 Å². The Labute approximate surface area is 307 Å². The van der Waals surface area contributed by atoms with Gasteiger partial charge in [-0.05, 0) is 18.8 Å². The normalized spacial score (nSPS) is 15.9. The molecule has 0 saturated carbocycles. The molecular formula is C39H82N2O8P+. The molecule has 0 aromatic rings. The van der Waals surface area contributed by atoms with Crippen LogP contribution in [0.5, 0.6) is 0 Å². The second-order valence-electron chi connectivity index (χ2n) is 16.1. The molecule has 5 N–H and O–H groups in total. The minimum atomic E-state index is -4.48. The number of hydrogen-bond donors (Lipinski definition) is 5. The second-order valence-corrected chi connectivity index (χ2v) is 17.6. The molecule has 50 heavy (non-hydrogen) atoms. The molecule has 0 bridgehead atoms. The van der Waals surface area contributed by atoms with E-state index in [9.17, 15) is 29.6 Å². The van der Waals surface area contributed by atoms with Crippen LogP contribution in [-0.2, 0) is 18.4 Å². The standard InChI is InChI=1S/C39H81N2O8P/c1-7-8-9-10-11-12-13-14-15-16-21-24-27-30-37(43)39(45)40-35(33-49-50(46,47)48-32-31-41(4,5)6)38(44)36(42)29-26-23-20-18-17-19-22-25-28-34(2)3/h34-38,42-44H,7-33H2,1-6H3,(H-,40,45,46,47)/p+1/t35-,36+,37?,38-/m0/s1. The molecule has 0 rings (SSSR count). The van der Waals surface area contributed by atoms with Gasteiger partial charge in [-0.25, -0.2) is 4.57 Å². The minimum Gasteiger partial charge on any atom is -0.390 e. The molecule has 2 unspecified atom stereocenters. The molecule has 11 heteroatoms. The molecule has 5 atom stereocenters. The van der Waals surface area contributed by atoms with Gasteiger partial charge >= 0.3 is 7.82 Å². The van der Waals surface area contributed by atoms with Crippen LogP contribution in [0.2, 0.25) is 0 Å². The van der Waals surface area contributed by atoms with Gasteiger partial charge in [-0.15, -0.1) is 0 Å². The average molecular weight is 738 g/mol. The van der Waals surface area contributed by atoms with Crippen LogP contribution in [0.3, 0.4) is 0 Å². The van der Waals surface area contributed by atoms with Gasteiger partial charge in [0.2, 0.25) is 5.91 Å². The Balaban J connectivity index is 4.70. The lowest BCUT2D eigenvalue weighted by Gasteiger charge is -2.29. The van der Waals surface area contributed by atoms with Crippen LogP contribution in [0.4, 0.5) is 0 Å². The molecule has 0 aliphatic rings. The number of rotatable bonds is 36. The van der Waals surface area contributed by atoms with Crippen LogP contribution in [-0.4, -0.2) is 95.9 Å². The molecule has 0 saturated heterocycles. The fourth-order valence-corrected chi connectivity index (χ4v) is 6.77.